The zero-order valence-corrected chi connectivity index (χ0v) is 24.1. The lowest BCUT2D eigenvalue weighted by molar-refractivity contribution is -0.199. The summed E-state index contributed by atoms with van der Waals surface area (Å²) in [4.78, 5) is 40.9. The minimum Gasteiger partial charge on any atom is -0.444 e. The Morgan fingerprint density at radius 1 is 1.11 bits per heavy atom. The van der Waals surface area contributed by atoms with E-state index in [1.165, 1.54) is 0 Å². The van der Waals surface area contributed by atoms with Gasteiger partial charge >= 0.3 is 13.2 Å². The van der Waals surface area contributed by atoms with Gasteiger partial charge in [0.25, 0.3) is 0 Å². The molecular weight excluding hydrogens is 489 g/mol. The van der Waals surface area contributed by atoms with Gasteiger partial charge in [-0.3, -0.25) is 9.59 Å². The number of nitrogens with zero attached hydrogens (tertiary/aromatic N) is 1. The van der Waals surface area contributed by atoms with Gasteiger partial charge in [-0.1, -0.05) is 27.2 Å². The Bertz CT molecular complexity index is 904. The van der Waals surface area contributed by atoms with E-state index < -0.39 is 36.7 Å². The van der Waals surface area contributed by atoms with Gasteiger partial charge in [-0.15, -0.1) is 0 Å². The summed E-state index contributed by atoms with van der Waals surface area (Å²) in [6.45, 7) is 15.9. The predicted molar refractivity (Wildman–Crippen MR) is 142 cm³/mol. The highest BCUT2D eigenvalue weighted by Gasteiger charge is 2.68. The largest absolute Gasteiger partial charge is 0.481 e. The quantitative estimate of drug-likeness (QED) is 0.460. The molecule has 214 valence electrons. The number of nitrogens with one attached hydrogen (secondary N) is 2. The van der Waals surface area contributed by atoms with Gasteiger partial charge in [0.15, 0.2) is 0 Å². The van der Waals surface area contributed by atoms with Crippen molar-refractivity contribution in [1.82, 2.24) is 15.5 Å². The van der Waals surface area contributed by atoms with E-state index in [0.717, 1.165) is 19.3 Å². The van der Waals surface area contributed by atoms with Crippen LogP contribution in [0.5, 0.6) is 0 Å². The summed E-state index contributed by atoms with van der Waals surface area (Å²) in [5.74, 6) is -0.0369. The Morgan fingerprint density at radius 3 is 2.39 bits per heavy atom. The average molecular weight is 535 g/mol. The van der Waals surface area contributed by atoms with Crippen LogP contribution in [-0.2, 0) is 28.4 Å². The fraction of sp³-hybridized carbons (Fsp3) is 0.889. The summed E-state index contributed by atoms with van der Waals surface area (Å²) in [5, 5.41) is 5.69. The first kappa shape index (κ1) is 29.1. The molecule has 38 heavy (non-hydrogen) atoms. The molecule has 3 saturated carbocycles. The fourth-order valence-electron chi connectivity index (χ4n) is 6.72. The molecule has 2 bridgehead atoms. The molecule has 0 aromatic carbocycles. The number of ether oxygens (including phenoxy) is 2. The lowest BCUT2D eigenvalue weighted by atomic mass is 9.43. The van der Waals surface area contributed by atoms with E-state index >= 15 is 0 Å². The first-order chi connectivity index (χ1) is 17.7. The molecule has 3 amide bonds. The van der Waals surface area contributed by atoms with E-state index in [9.17, 15) is 14.4 Å². The van der Waals surface area contributed by atoms with Crippen molar-refractivity contribution < 1.29 is 33.2 Å². The maximum Gasteiger partial charge on any atom is 0.481 e. The van der Waals surface area contributed by atoms with Gasteiger partial charge in [0, 0.05) is 13.1 Å². The Labute approximate surface area is 227 Å². The monoisotopic (exact) mass is 535 g/mol. The molecule has 6 atom stereocenters. The van der Waals surface area contributed by atoms with Crippen LogP contribution in [-0.4, -0.2) is 85.5 Å². The van der Waals surface area contributed by atoms with Gasteiger partial charge in [0.1, 0.15) is 11.6 Å². The number of morpholine rings is 1. The lowest BCUT2D eigenvalue weighted by Crippen LogP contribution is -2.65. The molecule has 10 nitrogen and oxygen atoms in total. The molecule has 11 heteroatoms. The Morgan fingerprint density at radius 2 is 1.79 bits per heavy atom. The Hall–Kier alpha value is -1.85. The standard InChI is InChI=1S/C27H46BN3O7/c1-8-9-21(28-37-20-15-17-14-19(26(17,5)6)27(20,7)38-28)30-23(33)18(29-24(34)36-25(2,3)4)16-22(32)31-10-12-35-13-11-31/h17-21H,8-16H2,1-7H3,(H,29,34)(H,30,33)/t17-,18+,19-,20?,21-,27-/m0/s1. The zero-order valence-electron chi connectivity index (χ0n) is 24.1. The maximum absolute atomic E-state index is 13.6. The number of carbonyl (C=O) groups is 3. The average Bonchev–Trinajstić information content (AvgIpc) is 3.19. The summed E-state index contributed by atoms with van der Waals surface area (Å²) < 4.78 is 23.8. The third kappa shape index (κ3) is 5.99. The summed E-state index contributed by atoms with van der Waals surface area (Å²) in [6.07, 6.45) is 2.64. The van der Waals surface area contributed by atoms with Crippen LogP contribution in [0.3, 0.4) is 0 Å². The van der Waals surface area contributed by atoms with Gasteiger partial charge < -0.3 is 34.3 Å². The maximum atomic E-state index is 13.6. The third-order valence-electron chi connectivity index (χ3n) is 8.97. The molecule has 2 heterocycles. The van der Waals surface area contributed by atoms with Gasteiger partial charge in [0.05, 0.1) is 37.3 Å². The number of alkyl carbamates (subject to hydrolysis) is 1. The van der Waals surface area contributed by atoms with Crippen molar-refractivity contribution in [3.05, 3.63) is 0 Å². The highest BCUT2D eigenvalue weighted by Crippen LogP contribution is 2.65. The summed E-state index contributed by atoms with van der Waals surface area (Å²) >= 11 is 0. The Balaban J connectivity index is 1.45. The van der Waals surface area contributed by atoms with Crippen LogP contribution in [0.25, 0.3) is 0 Å². The van der Waals surface area contributed by atoms with E-state index in [2.05, 4.69) is 31.4 Å². The van der Waals surface area contributed by atoms with Crippen LogP contribution in [0.4, 0.5) is 4.79 Å². The molecule has 5 rings (SSSR count). The molecule has 0 aromatic heterocycles. The van der Waals surface area contributed by atoms with Gasteiger partial charge in [-0.25, -0.2) is 4.79 Å². The molecule has 5 aliphatic rings. The molecule has 0 aromatic rings. The van der Waals surface area contributed by atoms with Crippen LogP contribution >= 0.6 is 0 Å². The second-order valence-corrected chi connectivity index (χ2v) is 13.1. The second kappa shape index (κ2) is 11.0. The Kier molecular flexibility index (Phi) is 8.41. The first-order valence-electron chi connectivity index (χ1n) is 14.2. The molecule has 3 aliphatic carbocycles. The SMILES string of the molecule is CCC[C@H](NC(=O)[C@@H](CC(=O)N1CCOCC1)NC(=O)OC(C)(C)C)B1OC2C[C@@H]3C[C@@H](C3(C)C)[C@]2(C)O1. The molecule has 5 fully saturated rings. The number of carbonyl (C=O) groups excluding carboxylic acids is 3. The van der Waals surface area contributed by atoms with E-state index in [1.54, 1.807) is 25.7 Å². The smallest absolute Gasteiger partial charge is 0.444 e. The van der Waals surface area contributed by atoms with E-state index in [-0.39, 0.29) is 29.4 Å². The molecule has 2 N–H and O–H groups in total. The van der Waals surface area contributed by atoms with Gasteiger partial charge in [0.2, 0.25) is 11.8 Å². The fourth-order valence-corrected chi connectivity index (χ4v) is 6.72. The molecule has 1 unspecified atom stereocenters. The van der Waals surface area contributed by atoms with Crippen molar-refractivity contribution in [1.29, 1.82) is 0 Å². The van der Waals surface area contributed by atoms with Crippen molar-refractivity contribution in [3.8, 4) is 0 Å². The van der Waals surface area contributed by atoms with E-state index in [1.807, 2.05) is 6.92 Å². The van der Waals surface area contributed by atoms with Crippen LogP contribution in [0, 0.1) is 17.3 Å². The highest BCUT2D eigenvalue weighted by atomic mass is 16.7. The van der Waals surface area contributed by atoms with E-state index in [4.69, 9.17) is 18.8 Å². The summed E-state index contributed by atoms with van der Waals surface area (Å²) in [5.41, 5.74) is -0.912. The summed E-state index contributed by atoms with van der Waals surface area (Å²) in [7, 11) is -0.582. The van der Waals surface area contributed by atoms with Gasteiger partial charge in [-0.2, -0.15) is 0 Å². The third-order valence-corrected chi connectivity index (χ3v) is 8.97. The number of amides is 3. The first-order valence-corrected chi connectivity index (χ1v) is 14.2. The lowest BCUT2D eigenvalue weighted by Gasteiger charge is -2.64. The number of rotatable bonds is 8. The van der Waals surface area contributed by atoms with Crippen LogP contribution in [0.2, 0.25) is 0 Å². The zero-order chi connectivity index (χ0) is 27.9. The molecule has 2 saturated heterocycles. The van der Waals surface area contributed by atoms with Crippen LogP contribution < -0.4 is 10.6 Å². The molecule has 0 radical (unpaired) electrons. The van der Waals surface area contributed by atoms with Crippen molar-refractivity contribution in [2.45, 2.75) is 110 Å². The minimum atomic E-state index is -1.09. The summed E-state index contributed by atoms with van der Waals surface area (Å²) in [6, 6.07) is -1.09. The second-order valence-electron chi connectivity index (χ2n) is 13.1. The normalized spacial score (nSPS) is 31.5. The number of hydrogen-bond acceptors (Lipinski definition) is 7. The van der Waals surface area contributed by atoms with Crippen LogP contribution in [0.1, 0.15) is 80.6 Å². The van der Waals surface area contributed by atoms with Crippen molar-refractivity contribution >= 4 is 25.0 Å². The predicted octanol–water partition coefficient (Wildman–Crippen LogP) is 2.68. The topological polar surface area (TPSA) is 115 Å². The highest BCUT2D eigenvalue weighted by molar-refractivity contribution is 6.47. The van der Waals surface area contributed by atoms with Gasteiger partial charge in [-0.05, 0) is 64.2 Å². The molecule has 2 aliphatic heterocycles. The minimum absolute atomic E-state index is 0.000818. The van der Waals surface area contributed by atoms with Crippen molar-refractivity contribution in [3.63, 3.8) is 0 Å². The molecular formula is C27H46BN3O7. The van der Waals surface area contributed by atoms with E-state index in [0.29, 0.717) is 44.6 Å². The number of hydrogen-bond donors (Lipinski definition) is 2. The van der Waals surface area contributed by atoms with Crippen molar-refractivity contribution in [2.24, 2.45) is 17.3 Å². The van der Waals surface area contributed by atoms with Crippen LogP contribution in [0.15, 0.2) is 0 Å². The molecule has 0 spiro atoms. The van der Waals surface area contributed by atoms with Crippen molar-refractivity contribution in [2.75, 3.05) is 26.3 Å².